The van der Waals surface area contributed by atoms with Crippen LogP contribution in [-0.4, -0.2) is 72.0 Å². The second kappa shape index (κ2) is 21.1. The molecule has 0 spiro atoms. The number of halogens is 5. The lowest BCUT2D eigenvalue weighted by atomic mass is 10.1. The highest BCUT2D eigenvalue weighted by atomic mass is 19.2. The Hall–Kier alpha value is -1.86. The molecule has 0 heterocycles. The lowest BCUT2D eigenvalue weighted by Crippen LogP contribution is -2.16. The second-order valence-corrected chi connectivity index (χ2v) is 7.95. The molecule has 0 bridgehead atoms. The van der Waals surface area contributed by atoms with E-state index in [2.05, 4.69) is 11.7 Å². The second-order valence-electron chi connectivity index (χ2n) is 7.95. The SMILES string of the molecule is CCCCCCCCOCCOCCOCCOCCOCCC(=O)Oc1c(F)c(F)c(F)c(F)c1F. The number of benzene rings is 1. The van der Waals surface area contributed by atoms with Gasteiger partial charge < -0.3 is 28.4 Å². The number of hydrogen-bond acceptors (Lipinski definition) is 7. The molecule has 0 aliphatic heterocycles. The molecule has 0 aliphatic rings. The third-order valence-corrected chi connectivity index (χ3v) is 4.97. The Morgan fingerprint density at radius 2 is 0.892 bits per heavy atom. The lowest BCUT2D eigenvalue weighted by molar-refractivity contribution is -0.136. The summed E-state index contributed by atoms with van der Waals surface area (Å²) < 4.78 is 97.0. The number of carbonyl (C=O) groups excluding carboxylic acids is 1. The minimum atomic E-state index is -2.34. The molecule has 7 nitrogen and oxygen atoms in total. The predicted molar refractivity (Wildman–Crippen MR) is 124 cm³/mol. The van der Waals surface area contributed by atoms with E-state index >= 15 is 0 Å². The molecule has 0 radical (unpaired) electrons. The number of esters is 1. The highest BCUT2D eigenvalue weighted by Gasteiger charge is 2.28. The zero-order valence-electron chi connectivity index (χ0n) is 21.3. The van der Waals surface area contributed by atoms with Crippen molar-refractivity contribution in [2.45, 2.75) is 51.9 Å². The molecular formula is C25H37F5O7. The van der Waals surface area contributed by atoms with Gasteiger partial charge in [0.1, 0.15) is 0 Å². The number of carbonyl (C=O) groups is 1. The van der Waals surface area contributed by atoms with Gasteiger partial charge in [0.15, 0.2) is 0 Å². The van der Waals surface area contributed by atoms with E-state index < -0.39 is 47.2 Å². The Bertz CT molecular complexity index is 738. The largest absolute Gasteiger partial charge is 0.420 e. The first-order valence-corrected chi connectivity index (χ1v) is 12.5. The van der Waals surface area contributed by atoms with Crippen molar-refractivity contribution in [3.8, 4) is 5.75 Å². The van der Waals surface area contributed by atoms with Crippen LogP contribution in [0.5, 0.6) is 5.75 Å². The molecule has 1 aromatic rings. The average Bonchev–Trinajstić information content (AvgIpc) is 2.89. The molecule has 0 aromatic heterocycles. The number of ether oxygens (including phenoxy) is 6. The zero-order valence-corrected chi connectivity index (χ0v) is 21.3. The molecule has 214 valence electrons. The van der Waals surface area contributed by atoms with E-state index in [4.69, 9.17) is 23.7 Å². The quantitative estimate of drug-likeness (QED) is 0.0473. The van der Waals surface area contributed by atoms with Gasteiger partial charge in [0.2, 0.25) is 34.8 Å². The summed E-state index contributed by atoms with van der Waals surface area (Å²) in [5.41, 5.74) is 0. The average molecular weight is 545 g/mol. The molecule has 0 N–H and O–H groups in total. The molecule has 0 aliphatic carbocycles. The number of unbranched alkanes of at least 4 members (excludes halogenated alkanes) is 5. The molecule has 0 saturated carbocycles. The van der Waals surface area contributed by atoms with Gasteiger partial charge in [-0.25, -0.2) is 13.2 Å². The van der Waals surface area contributed by atoms with Gasteiger partial charge in [0.05, 0.1) is 65.9 Å². The summed E-state index contributed by atoms with van der Waals surface area (Å²) in [4.78, 5) is 11.6. The van der Waals surface area contributed by atoms with Crippen molar-refractivity contribution in [2.24, 2.45) is 0 Å². The highest BCUT2D eigenvalue weighted by Crippen LogP contribution is 2.29. The maximum atomic E-state index is 13.5. The monoisotopic (exact) mass is 544 g/mol. The molecule has 1 rings (SSSR count). The normalized spacial score (nSPS) is 11.3. The third kappa shape index (κ3) is 14.6. The van der Waals surface area contributed by atoms with Crippen LogP contribution in [-0.2, 0) is 28.5 Å². The maximum Gasteiger partial charge on any atom is 0.313 e. The summed E-state index contributed by atoms with van der Waals surface area (Å²) in [5.74, 6) is -14.0. The summed E-state index contributed by atoms with van der Waals surface area (Å²) in [6.07, 6.45) is 6.92. The summed E-state index contributed by atoms with van der Waals surface area (Å²) in [6.45, 7) is 5.68. The molecule has 12 heteroatoms. The molecule has 1 aromatic carbocycles. The molecule has 0 unspecified atom stereocenters. The minimum Gasteiger partial charge on any atom is -0.420 e. The maximum absolute atomic E-state index is 13.5. The van der Waals surface area contributed by atoms with Crippen molar-refractivity contribution >= 4 is 5.97 Å². The van der Waals surface area contributed by atoms with Gasteiger partial charge in [0.25, 0.3) is 0 Å². The van der Waals surface area contributed by atoms with Crippen LogP contribution in [0.3, 0.4) is 0 Å². The smallest absolute Gasteiger partial charge is 0.313 e. The van der Waals surface area contributed by atoms with Gasteiger partial charge in [-0.1, -0.05) is 39.0 Å². The number of rotatable bonds is 23. The van der Waals surface area contributed by atoms with Crippen molar-refractivity contribution in [1.29, 1.82) is 0 Å². The van der Waals surface area contributed by atoms with Crippen LogP contribution < -0.4 is 4.74 Å². The minimum absolute atomic E-state index is 0.109. The first-order valence-electron chi connectivity index (χ1n) is 12.5. The fraction of sp³-hybridized carbons (Fsp3) is 0.720. The first kappa shape index (κ1) is 33.2. The van der Waals surface area contributed by atoms with Crippen LogP contribution in [0.2, 0.25) is 0 Å². The molecule has 0 amide bonds. The van der Waals surface area contributed by atoms with E-state index in [1.54, 1.807) is 0 Å². The van der Waals surface area contributed by atoms with Crippen LogP contribution in [0, 0.1) is 29.1 Å². The summed E-state index contributed by atoms with van der Waals surface area (Å²) >= 11 is 0. The van der Waals surface area contributed by atoms with Crippen LogP contribution in [0.4, 0.5) is 22.0 Å². The molecule has 37 heavy (non-hydrogen) atoms. The standard InChI is InChI=1S/C25H37F5O7/c1-2-3-4-5-6-7-9-32-11-13-34-15-17-36-18-16-35-14-12-33-10-8-19(31)37-25-23(29)21(27)20(26)22(28)24(25)30/h2-18H2,1H3. The Labute approximate surface area is 214 Å². The lowest BCUT2D eigenvalue weighted by Gasteiger charge is -2.09. The van der Waals surface area contributed by atoms with E-state index in [-0.39, 0.29) is 19.8 Å². The predicted octanol–water partition coefficient (Wildman–Crippen LogP) is 5.12. The Kier molecular flexibility index (Phi) is 18.9. The topological polar surface area (TPSA) is 72.5 Å². The Morgan fingerprint density at radius 3 is 1.38 bits per heavy atom. The van der Waals surface area contributed by atoms with Crippen molar-refractivity contribution in [1.82, 2.24) is 0 Å². The van der Waals surface area contributed by atoms with E-state index in [9.17, 15) is 26.7 Å². The van der Waals surface area contributed by atoms with Crippen LogP contribution in [0.25, 0.3) is 0 Å². The van der Waals surface area contributed by atoms with Gasteiger partial charge in [0, 0.05) is 6.61 Å². The van der Waals surface area contributed by atoms with Crippen molar-refractivity contribution < 1.29 is 55.2 Å². The van der Waals surface area contributed by atoms with Crippen molar-refractivity contribution in [2.75, 3.05) is 66.1 Å². The molecule has 0 atom stereocenters. The van der Waals surface area contributed by atoms with Crippen molar-refractivity contribution in [3.05, 3.63) is 29.1 Å². The zero-order chi connectivity index (χ0) is 27.3. The van der Waals surface area contributed by atoms with Crippen LogP contribution >= 0.6 is 0 Å². The van der Waals surface area contributed by atoms with Gasteiger partial charge in [-0.15, -0.1) is 0 Å². The van der Waals surface area contributed by atoms with E-state index in [0.29, 0.717) is 39.6 Å². The first-order chi connectivity index (χ1) is 17.9. The van der Waals surface area contributed by atoms with E-state index in [0.717, 1.165) is 13.0 Å². The fourth-order valence-electron chi connectivity index (χ4n) is 2.96. The molecule has 0 saturated heterocycles. The van der Waals surface area contributed by atoms with Crippen LogP contribution in [0.1, 0.15) is 51.9 Å². The van der Waals surface area contributed by atoms with Gasteiger partial charge in [-0.3, -0.25) is 4.79 Å². The summed E-state index contributed by atoms with van der Waals surface area (Å²) in [7, 11) is 0. The van der Waals surface area contributed by atoms with Gasteiger partial charge >= 0.3 is 5.97 Å². The summed E-state index contributed by atoms with van der Waals surface area (Å²) in [5, 5.41) is 0. The highest BCUT2D eigenvalue weighted by molar-refractivity contribution is 5.72. The molecular weight excluding hydrogens is 507 g/mol. The Morgan fingerprint density at radius 1 is 0.514 bits per heavy atom. The Balaban J connectivity index is 1.89. The fourth-order valence-corrected chi connectivity index (χ4v) is 2.96. The summed E-state index contributed by atoms with van der Waals surface area (Å²) in [6, 6.07) is 0. The third-order valence-electron chi connectivity index (χ3n) is 4.97. The van der Waals surface area contributed by atoms with Gasteiger partial charge in [-0.05, 0) is 6.42 Å². The van der Waals surface area contributed by atoms with Crippen molar-refractivity contribution in [3.63, 3.8) is 0 Å². The van der Waals surface area contributed by atoms with E-state index in [1.807, 2.05) is 0 Å². The molecule has 0 fully saturated rings. The van der Waals surface area contributed by atoms with Crippen LogP contribution in [0.15, 0.2) is 0 Å². The van der Waals surface area contributed by atoms with E-state index in [1.165, 1.54) is 32.1 Å². The van der Waals surface area contributed by atoms with Gasteiger partial charge in [-0.2, -0.15) is 8.78 Å². The number of hydrogen-bond donors (Lipinski definition) is 0.